The number of nitrogens with zero attached hydrogens (tertiary/aromatic N) is 1. The molecule has 3 aromatic carbocycles. The van der Waals surface area contributed by atoms with Gasteiger partial charge in [0.05, 0.1) is 19.4 Å². The third kappa shape index (κ3) is 4.79. The highest BCUT2D eigenvalue weighted by molar-refractivity contribution is 6.03. The van der Waals surface area contributed by atoms with Crippen LogP contribution in [0.2, 0.25) is 0 Å². The minimum absolute atomic E-state index is 0.421. The topological polar surface area (TPSA) is 72.0 Å². The Bertz CT molecular complexity index is 966. The van der Waals surface area contributed by atoms with Gasteiger partial charge in [0, 0.05) is 11.3 Å². The van der Waals surface area contributed by atoms with Gasteiger partial charge in [0.2, 0.25) is 0 Å². The van der Waals surface area contributed by atoms with E-state index in [9.17, 15) is 4.79 Å². The molecule has 6 heteroatoms. The number of hydrogen-bond donors (Lipinski definition) is 2. The number of hydrazone groups is 1. The molecule has 0 saturated heterocycles. The van der Waals surface area contributed by atoms with Crippen molar-refractivity contribution in [2.24, 2.45) is 5.10 Å². The maximum Gasteiger partial charge on any atom is 0.339 e. The van der Waals surface area contributed by atoms with Crippen LogP contribution >= 0.6 is 0 Å². The molecule has 0 aliphatic heterocycles. The molecule has 0 aliphatic carbocycles. The van der Waals surface area contributed by atoms with Gasteiger partial charge in [-0.1, -0.05) is 30.3 Å². The van der Waals surface area contributed by atoms with Crippen LogP contribution in [0.25, 0.3) is 10.8 Å². The molecule has 0 bridgehead atoms. The van der Waals surface area contributed by atoms with Crippen LogP contribution in [0.3, 0.4) is 0 Å². The van der Waals surface area contributed by atoms with Crippen LogP contribution in [0.15, 0.2) is 65.8 Å². The number of carbonyl (C=O) groups excluding carboxylic acids is 1. The molecule has 0 fully saturated rings. The maximum atomic E-state index is 12.0. The number of ether oxygens (including phenoxy) is 2. The highest BCUT2D eigenvalue weighted by Crippen LogP contribution is 2.30. The lowest BCUT2D eigenvalue weighted by atomic mass is 10.0. The van der Waals surface area contributed by atoms with Gasteiger partial charge in [-0.05, 0) is 55.0 Å². The van der Waals surface area contributed by atoms with Crippen molar-refractivity contribution in [2.75, 3.05) is 18.5 Å². The molecule has 0 heterocycles. The van der Waals surface area contributed by atoms with Crippen LogP contribution in [0, 0.1) is 0 Å². The highest BCUT2D eigenvalue weighted by atomic mass is 16.5. The van der Waals surface area contributed by atoms with E-state index in [0.29, 0.717) is 24.7 Å². The Kier molecular flexibility index (Phi) is 6.46. The van der Waals surface area contributed by atoms with Gasteiger partial charge in [-0.25, -0.2) is 10.2 Å². The predicted octanol–water partition coefficient (Wildman–Crippen LogP) is 4.79. The molecule has 2 N–H and O–H groups in total. The molecule has 2 amide bonds. The minimum atomic E-state index is -0.421. The molecule has 3 rings (SSSR count). The number of amides is 2. The molecule has 0 unspecified atom stereocenters. The summed E-state index contributed by atoms with van der Waals surface area (Å²) in [7, 11) is 0. The number of fused-ring (bicyclic) bond motifs is 1. The van der Waals surface area contributed by atoms with Gasteiger partial charge in [0.15, 0.2) is 0 Å². The molecule has 3 aromatic rings. The molecule has 0 atom stereocenters. The largest absolute Gasteiger partial charge is 0.494 e. The summed E-state index contributed by atoms with van der Waals surface area (Å²) in [5, 5.41) is 8.78. The van der Waals surface area contributed by atoms with E-state index in [1.165, 1.54) is 0 Å². The van der Waals surface area contributed by atoms with Crippen molar-refractivity contribution in [1.82, 2.24) is 5.43 Å². The minimum Gasteiger partial charge on any atom is -0.494 e. The number of urea groups is 1. The van der Waals surface area contributed by atoms with Crippen LogP contribution in [-0.4, -0.2) is 25.5 Å². The van der Waals surface area contributed by atoms with Crippen LogP contribution in [-0.2, 0) is 0 Å². The zero-order valence-electron chi connectivity index (χ0n) is 15.9. The third-order valence-electron chi connectivity index (χ3n) is 4.00. The quantitative estimate of drug-likeness (QED) is 0.459. The molecule has 6 nitrogen and oxygen atoms in total. The SMILES string of the molecule is CCOc1ccc2ccc(OCC)c(C=NNC(=O)Nc3ccccc3)c2c1. The van der Waals surface area contributed by atoms with Crippen molar-refractivity contribution in [1.29, 1.82) is 0 Å². The second kappa shape index (κ2) is 9.41. The number of benzene rings is 3. The average molecular weight is 377 g/mol. The molecule has 0 spiro atoms. The molecular weight excluding hydrogens is 354 g/mol. The summed E-state index contributed by atoms with van der Waals surface area (Å²) in [5.41, 5.74) is 3.96. The standard InChI is InChI=1S/C22H23N3O3/c1-3-27-18-12-10-16-11-13-21(28-4-2)20(19(16)14-18)15-23-25-22(26)24-17-8-6-5-7-9-17/h5-15H,3-4H2,1-2H3,(H2,24,25,26). The zero-order chi connectivity index (χ0) is 19.8. The fourth-order valence-electron chi connectivity index (χ4n) is 2.81. The Hall–Kier alpha value is -3.54. The first-order valence-electron chi connectivity index (χ1n) is 9.18. The van der Waals surface area contributed by atoms with Gasteiger partial charge in [0.25, 0.3) is 0 Å². The fourth-order valence-corrected chi connectivity index (χ4v) is 2.81. The first kappa shape index (κ1) is 19.2. The van der Waals surface area contributed by atoms with Crippen molar-refractivity contribution in [3.05, 3.63) is 66.2 Å². The Morgan fingerprint density at radius 3 is 2.50 bits per heavy atom. The summed E-state index contributed by atoms with van der Waals surface area (Å²) in [6, 6.07) is 18.5. The Morgan fingerprint density at radius 1 is 1.00 bits per heavy atom. The van der Waals surface area contributed by atoms with Crippen molar-refractivity contribution >= 4 is 28.7 Å². The summed E-state index contributed by atoms with van der Waals surface area (Å²) in [4.78, 5) is 12.0. The van der Waals surface area contributed by atoms with Gasteiger partial charge in [-0.2, -0.15) is 5.10 Å². The summed E-state index contributed by atoms with van der Waals surface area (Å²) in [5.74, 6) is 1.46. The normalized spacial score (nSPS) is 10.8. The van der Waals surface area contributed by atoms with Gasteiger partial charge in [-0.3, -0.25) is 0 Å². The fraction of sp³-hybridized carbons (Fsp3) is 0.182. The first-order valence-corrected chi connectivity index (χ1v) is 9.18. The molecule has 0 aliphatic rings. The van der Waals surface area contributed by atoms with Gasteiger partial charge in [-0.15, -0.1) is 0 Å². The number of anilines is 1. The van der Waals surface area contributed by atoms with E-state index in [-0.39, 0.29) is 0 Å². The van der Waals surface area contributed by atoms with E-state index < -0.39 is 6.03 Å². The molecule has 0 saturated carbocycles. The van der Waals surface area contributed by atoms with E-state index in [2.05, 4.69) is 15.8 Å². The highest BCUT2D eigenvalue weighted by Gasteiger charge is 2.09. The second-order valence-electron chi connectivity index (χ2n) is 5.92. The molecule has 0 aromatic heterocycles. The lowest BCUT2D eigenvalue weighted by molar-refractivity contribution is 0.252. The Balaban J connectivity index is 1.84. The van der Waals surface area contributed by atoms with Crippen LogP contribution in [0.1, 0.15) is 19.4 Å². The van der Waals surface area contributed by atoms with Gasteiger partial charge in [0.1, 0.15) is 11.5 Å². The van der Waals surface area contributed by atoms with Crippen molar-refractivity contribution in [3.63, 3.8) is 0 Å². The second-order valence-corrected chi connectivity index (χ2v) is 5.92. The molecular formula is C22H23N3O3. The number of nitrogens with one attached hydrogen (secondary N) is 2. The van der Waals surface area contributed by atoms with E-state index in [1.807, 2.05) is 62.4 Å². The Morgan fingerprint density at radius 2 is 1.75 bits per heavy atom. The van der Waals surface area contributed by atoms with Gasteiger partial charge >= 0.3 is 6.03 Å². The van der Waals surface area contributed by atoms with E-state index >= 15 is 0 Å². The average Bonchev–Trinajstić information content (AvgIpc) is 2.70. The van der Waals surface area contributed by atoms with Crippen molar-refractivity contribution < 1.29 is 14.3 Å². The molecule has 0 radical (unpaired) electrons. The smallest absolute Gasteiger partial charge is 0.339 e. The number of rotatable bonds is 7. The lowest BCUT2D eigenvalue weighted by Gasteiger charge is -2.12. The monoisotopic (exact) mass is 377 g/mol. The summed E-state index contributed by atoms with van der Waals surface area (Å²) < 4.78 is 11.4. The number of carbonyl (C=O) groups is 1. The van der Waals surface area contributed by atoms with Crippen molar-refractivity contribution in [2.45, 2.75) is 13.8 Å². The zero-order valence-corrected chi connectivity index (χ0v) is 15.9. The van der Waals surface area contributed by atoms with E-state index in [1.54, 1.807) is 18.3 Å². The summed E-state index contributed by atoms with van der Waals surface area (Å²) in [6.07, 6.45) is 1.59. The van der Waals surface area contributed by atoms with E-state index in [0.717, 1.165) is 22.1 Å². The summed E-state index contributed by atoms with van der Waals surface area (Å²) in [6.45, 7) is 4.98. The van der Waals surface area contributed by atoms with Crippen LogP contribution in [0.5, 0.6) is 11.5 Å². The summed E-state index contributed by atoms with van der Waals surface area (Å²) >= 11 is 0. The lowest BCUT2D eigenvalue weighted by Crippen LogP contribution is -2.24. The van der Waals surface area contributed by atoms with Crippen LogP contribution < -0.4 is 20.2 Å². The predicted molar refractivity (Wildman–Crippen MR) is 112 cm³/mol. The Labute approximate surface area is 164 Å². The first-order chi connectivity index (χ1) is 13.7. The maximum absolute atomic E-state index is 12.0. The van der Waals surface area contributed by atoms with E-state index in [4.69, 9.17) is 9.47 Å². The molecule has 28 heavy (non-hydrogen) atoms. The van der Waals surface area contributed by atoms with Crippen LogP contribution in [0.4, 0.5) is 10.5 Å². The number of para-hydroxylation sites is 1. The molecule has 144 valence electrons. The number of hydrogen-bond acceptors (Lipinski definition) is 4. The van der Waals surface area contributed by atoms with Crippen molar-refractivity contribution in [3.8, 4) is 11.5 Å². The third-order valence-corrected chi connectivity index (χ3v) is 4.00. The van der Waals surface area contributed by atoms with Gasteiger partial charge < -0.3 is 14.8 Å².